The molecule has 0 aliphatic rings. The summed E-state index contributed by atoms with van der Waals surface area (Å²) in [5, 5.41) is 15.1. The molecule has 96 valence electrons. The molecule has 0 spiro atoms. The van der Waals surface area contributed by atoms with Crippen LogP contribution < -0.4 is 0 Å². The predicted octanol–water partition coefficient (Wildman–Crippen LogP) is 4.37. The quantitative estimate of drug-likeness (QED) is 0.817. The second-order valence-electron chi connectivity index (χ2n) is 4.78. The molecule has 2 aromatic rings. The van der Waals surface area contributed by atoms with Crippen molar-refractivity contribution < 1.29 is 5.11 Å². The summed E-state index contributed by atoms with van der Waals surface area (Å²) in [7, 11) is 0. The minimum Gasteiger partial charge on any atom is -0.385 e. The van der Waals surface area contributed by atoms with Crippen LogP contribution in [0.25, 0.3) is 0 Å². The topological polar surface area (TPSA) is 20.2 Å². The van der Waals surface area contributed by atoms with Crippen LogP contribution in [0.1, 0.15) is 37.3 Å². The van der Waals surface area contributed by atoms with Crippen LogP contribution in [-0.2, 0) is 12.0 Å². The van der Waals surface area contributed by atoms with Gasteiger partial charge in [0.2, 0.25) is 0 Å². The molecule has 2 rings (SSSR count). The molecule has 1 aromatic carbocycles. The SMILES string of the molecule is CCCC(O)(CCc1ccsc1)c1ccccc1. The fourth-order valence-electron chi connectivity index (χ4n) is 2.36. The molecule has 0 fully saturated rings. The van der Waals surface area contributed by atoms with Gasteiger partial charge in [-0.15, -0.1) is 0 Å². The summed E-state index contributed by atoms with van der Waals surface area (Å²) in [6.45, 7) is 2.12. The number of aryl methyl sites for hydroxylation is 1. The van der Waals surface area contributed by atoms with Gasteiger partial charge in [-0.3, -0.25) is 0 Å². The first kappa shape index (κ1) is 13.3. The normalized spacial score (nSPS) is 14.3. The van der Waals surface area contributed by atoms with E-state index in [1.807, 2.05) is 30.3 Å². The molecule has 2 heteroatoms. The van der Waals surface area contributed by atoms with Gasteiger partial charge in [-0.1, -0.05) is 43.7 Å². The van der Waals surface area contributed by atoms with Crippen LogP contribution >= 0.6 is 11.3 Å². The van der Waals surface area contributed by atoms with Crippen molar-refractivity contribution in [3.05, 3.63) is 58.3 Å². The lowest BCUT2D eigenvalue weighted by Crippen LogP contribution is -2.26. The molecule has 0 saturated heterocycles. The summed E-state index contributed by atoms with van der Waals surface area (Å²) in [6.07, 6.45) is 3.55. The van der Waals surface area contributed by atoms with Gasteiger partial charge in [-0.05, 0) is 47.2 Å². The monoisotopic (exact) mass is 260 g/mol. The number of rotatable bonds is 6. The van der Waals surface area contributed by atoms with E-state index in [4.69, 9.17) is 0 Å². The lowest BCUT2D eigenvalue weighted by molar-refractivity contribution is 0.0180. The molecule has 0 saturated carbocycles. The third kappa shape index (κ3) is 3.21. The van der Waals surface area contributed by atoms with E-state index in [-0.39, 0.29) is 0 Å². The van der Waals surface area contributed by atoms with Crippen LogP contribution in [0.5, 0.6) is 0 Å². The Labute approximate surface area is 113 Å². The van der Waals surface area contributed by atoms with Crippen molar-refractivity contribution in [2.45, 2.75) is 38.2 Å². The van der Waals surface area contributed by atoms with Crippen molar-refractivity contribution in [1.29, 1.82) is 0 Å². The molecule has 1 heterocycles. The smallest absolute Gasteiger partial charge is 0.0899 e. The van der Waals surface area contributed by atoms with Crippen LogP contribution in [0.15, 0.2) is 47.2 Å². The average molecular weight is 260 g/mol. The van der Waals surface area contributed by atoms with Crippen LogP contribution in [0, 0.1) is 0 Å². The number of thiophene rings is 1. The Balaban J connectivity index is 2.11. The van der Waals surface area contributed by atoms with Gasteiger partial charge in [0.15, 0.2) is 0 Å². The molecule has 1 aromatic heterocycles. The standard InChI is InChI=1S/C16H20OS/c1-2-10-16(17,15-6-4-3-5-7-15)11-8-14-9-12-18-13-14/h3-7,9,12-13,17H,2,8,10-11H2,1H3. The number of hydrogen-bond acceptors (Lipinski definition) is 2. The summed E-state index contributed by atoms with van der Waals surface area (Å²) in [5.74, 6) is 0. The van der Waals surface area contributed by atoms with E-state index in [1.165, 1.54) is 5.56 Å². The lowest BCUT2D eigenvalue weighted by atomic mass is 9.84. The van der Waals surface area contributed by atoms with Crippen molar-refractivity contribution in [2.75, 3.05) is 0 Å². The lowest BCUT2D eigenvalue weighted by Gasteiger charge is -2.28. The number of aliphatic hydroxyl groups is 1. The highest BCUT2D eigenvalue weighted by atomic mass is 32.1. The van der Waals surface area contributed by atoms with Crippen molar-refractivity contribution in [2.24, 2.45) is 0 Å². The molecule has 18 heavy (non-hydrogen) atoms. The van der Waals surface area contributed by atoms with Gasteiger partial charge < -0.3 is 5.11 Å². The Morgan fingerprint density at radius 3 is 2.50 bits per heavy atom. The van der Waals surface area contributed by atoms with E-state index in [2.05, 4.69) is 23.8 Å². The molecule has 0 bridgehead atoms. The third-order valence-electron chi connectivity index (χ3n) is 3.38. The summed E-state index contributed by atoms with van der Waals surface area (Å²) >= 11 is 1.72. The molecule has 1 nitrogen and oxygen atoms in total. The molecule has 1 unspecified atom stereocenters. The van der Waals surface area contributed by atoms with E-state index < -0.39 is 5.60 Å². The van der Waals surface area contributed by atoms with E-state index in [1.54, 1.807) is 11.3 Å². The fraction of sp³-hybridized carbons (Fsp3) is 0.375. The number of benzene rings is 1. The van der Waals surface area contributed by atoms with E-state index in [9.17, 15) is 5.11 Å². The number of hydrogen-bond donors (Lipinski definition) is 1. The Kier molecular flexibility index (Phi) is 4.56. The van der Waals surface area contributed by atoms with Crippen molar-refractivity contribution in [1.82, 2.24) is 0 Å². The highest BCUT2D eigenvalue weighted by molar-refractivity contribution is 7.07. The molecular formula is C16H20OS. The van der Waals surface area contributed by atoms with Crippen LogP contribution in [0.4, 0.5) is 0 Å². The average Bonchev–Trinajstić information content (AvgIpc) is 2.91. The molecule has 0 radical (unpaired) electrons. The van der Waals surface area contributed by atoms with E-state index >= 15 is 0 Å². The Morgan fingerprint density at radius 1 is 1.11 bits per heavy atom. The first-order chi connectivity index (χ1) is 8.74. The maximum absolute atomic E-state index is 10.9. The van der Waals surface area contributed by atoms with Crippen molar-refractivity contribution >= 4 is 11.3 Å². The van der Waals surface area contributed by atoms with Gasteiger partial charge in [-0.25, -0.2) is 0 Å². The summed E-state index contributed by atoms with van der Waals surface area (Å²) in [5.41, 5.74) is 1.69. The van der Waals surface area contributed by atoms with Gasteiger partial charge in [0, 0.05) is 0 Å². The zero-order valence-corrected chi connectivity index (χ0v) is 11.6. The summed E-state index contributed by atoms with van der Waals surface area (Å²) in [4.78, 5) is 0. The maximum atomic E-state index is 10.9. The highest BCUT2D eigenvalue weighted by Gasteiger charge is 2.27. The zero-order valence-electron chi connectivity index (χ0n) is 10.8. The van der Waals surface area contributed by atoms with Crippen molar-refractivity contribution in [3.63, 3.8) is 0 Å². The second kappa shape index (κ2) is 6.17. The van der Waals surface area contributed by atoms with Gasteiger partial charge in [0.25, 0.3) is 0 Å². The van der Waals surface area contributed by atoms with Gasteiger partial charge >= 0.3 is 0 Å². The molecular weight excluding hydrogens is 240 g/mol. The van der Waals surface area contributed by atoms with Crippen LogP contribution in [0.2, 0.25) is 0 Å². The predicted molar refractivity (Wildman–Crippen MR) is 77.9 cm³/mol. The zero-order chi connectivity index (χ0) is 12.8. The fourth-order valence-corrected chi connectivity index (χ4v) is 3.06. The minimum absolute atomic E-state index is 0.683. The highest BCUT2D eigenvalue weighted by Crippen LogP contribution is 2.31. The van der Waals surface area contributed by atoms with Gasteiger partial charge in [-0.2, -0.15) is 11.3 Å². The van der Waals surface area contributed by atoms with E-state index in [0.717, 1.165) is 31.2 Å². The molecule has 1 N–H and O–H groups in total. The maximum Gasteiger partial charge on any atom is 0.0899 e. The third-order valence-corrected chi connectivity index (χ3v) is 4.11. The minimum atomic E-state index is -0.683. The molecule has 0 aliphatic carbocycles. The molecule has 0 aliphatic heterocycles. The summed E-state index contributed by atoms with van der Waals surface area (Å²) in [6, 6.07) is 12.2. The van der Waals surface area contributed by atoms with Crippen molar-refractivity contribution in [3.8, 4) is 0 Å². The van der Waals surface area contributed by atoms with Crippen LogP contribution in [0.3, 0.4) is 0 Å². The molecule has 0 amide bonds. The van der Waals surface area contributed by atoms with Crippen LogP contribution in [-0.4, -0.2) is 5.11 Å². The van der Waals surface area contributed by atoms with E-state index in [0.29, 0.717) is 0 Å². The first-order valence-electron chi connectivity index (χ1n) is 6.53. The Bertz CT molecular complexity index is 449. The second-order valence-corrected chi connectivity index (χ2v) is 5.56. The van der Waals surface area contributed by atoms with Gasteiger partial charge in [0.05, 0.1) is 5.60 Å². The Morgan fingerprint density at radius 2 is 1.89 bits per heavy atom. The van der Waals surface area contributed by atoms with Gasteiger partial charge in [0.1, 0.15) is 0 Å². The Hall–Kier alpha value is -1.12. The largest absolute Gasteiger partial charge is 0.385 e. The first-order valence-corrected chi connectivity index (χ1v) is 7.48. The molecule has 1 atom stereocenters. The summed E-state index contributed by atoms with van der Waals surface area (Å²) < 4.78 is 0.